The lowest BCUT2D eigenvalue weighted by atomic mass is 10.2. The van der Waals surface area contributed by atoms with Crippen LogP contribution in [0.3, 0.4) is 0 Å². The number of nitrogens with one attached hydrogen (secondary N) is 1. The second kappa shape index (κ2) is 5.21. The van der Waals surface area contributed by atoms with Crippen molar-refractivity contribution in [3.8, 4) is 5.75 Å². The lowest BCUT2D eigenvalue weighted by molar-refractivity contribution is 0.212. The average Bonchev–Trinajstić information content (AvgIpc) is 2.29. The fourth-order valence-electron chi connectivity index (χ4n) is 2.08. The Morgan fingerprint density at radius 3 is 3.06 bits per heavy atom. The maximum atomic E-state index is 5.81. The average molecular weight is 220 g/mol. The highest BCUT2D eigenvalue weighted by atomic mass is 16.5. The van der Waals surface area contributed by atoms with Gasteiger partial charge in [0.05, 0.1) is 12.2 Å². The molecule has 1 atom stereocenters. The molecule has 2 rings (SSSR count). The van der Waals surface area contributed by atoms with Gasteiger partial charge in [-0.15, -0.1) is 0 Å². The zero-order valence-electron chi connectivity index (χ0n) is 10.1. The summed E-state index contributed by atoms with van der Waals surface area (Å²) in [6.45, 7) is 8.33. The predicted octanol–water partition coefficient (Wildman–Crippen LogP) is 1.88. The summed E-state index contributed by atoms with van der Waals surface area (Å²) in [4.78, 5) is 2.40. The van der Waals surface area contributed by atoms with E-state index < -0.39 is 0 Å². The van der Waals surface area contributed by atoms with E-state index >= 15 is 0 Å². The van der Waals surface area contributed by atoms with Crippen molar-refractivity contribution < 1.29 is 4.74 Å². The summed E-state index contributed by atoms with van der Waals surface area (Å²) in [5, 5.41) is 3.36. The molecule has 1 heterocycles. The van der Waals surface area contributed by atoms with Crippen LogP contribution < -0.4 is 15.0 Å². The maximum Gasteiger partial charge on any atom is 0.143 e. The quantitative estimate of drug-likeness (QED) is 0.784. The molecule has 0 saturated carbocycles. The van der Waals surface area contributed by atoms with Gasteiger partial charge < -0.3 is 15.0 Å². The number of rotatable bonds is 4. The number of hydrogen-bond acceptors (Lipinski definition) is 3. The van der Waals surface area contributed by atoms with Gasteiger partial charge in [0.2, 0.25) is 0 Å². The summed E-state index contributed by atoms with van der Waals surface area (Å²) in [7, 11) is 0. The van der Waals surface area contributed by atoms with Crippen LogP contribution >= 0.6 is 0 Å². The van der Waals surface area contributed by atoms with Gasteiger partial charge in [0.15, 0.2) is 0 Å². The summed E-state index contributed by atoms with van der Waals surface area (Å²) in [5.41, 5.74) is 1.22. The van der Waals surface area contributed by atoms with Gasteiger partial charge in [-0.05, 0) is 25.6 Å². The van der Waals surface area contributed by atoms with Gasteiger partial charge in [-0.2, -0.15) is 0 Å². The molecule has 1 unspecified atom stereocenters. The largest absolute Gasteiger partial charge is 0.487 e. The zero-order valence-corrected chi connectivity index (χ0v) is 10.1. The number of anilines is 1. The Bertz CT molecular complexity index is 340. The Hall–Kier alpha value is -1.22. The van der Waals surface area contributed by atoms with Crippen LogP contribution in [0.15, 0.2) is 24.3 Å². The summed E-state index contributed by atoms with van der Waals surface area (Å²) in [5.74, 6) is 1.01. The van der Waals surface area contributed by atoms with Crippen molar-refractivity contribution in [2.24, 2.45) is 0 Å². The molecule has 16 heavy (non-hydrogen) atoms. The minimum absolute atomic E-state index is 0.275. The Morgan fingerprint density at radius 2 is 2.25 bits per heavy atom. The van der Waals surface area contributed by atoms with Crippen LogP contribution in [0.2, 0.25) is 0 Å². The van der Waals surface area contributed by atoms with Crippen LogP contribution in [0, 0.1) is 0 Å². The van der Waals surface area contributed by atoms with Gasteiger partial charge in [0.25, 0.3) is 0 Å². The van der Waals surface area contributed by atoms with Crippen LogP contribution in [-0.2, 0) is 0 Å². The highest BCUT2D eigenvalue weighted by molar-refractivity contribution is 5.60. The number of ether oxygens (including phenoxy) is 1. The van der Waals surface area contributed by atoms with Crippen molar-refractivity contribution >= 4 is 5.69 Å². The molecule has 1 aliphatic rings. The third kappa shape index (κ3) is 2.47. The van der Waals surface area contributed by atoms with Gasteiger partial charge in [-0.1, -0.05) is 19.1 Å². The number of fused-ring (bicyclic) bond motifs is 1. The molecule has 0 aliphatic carbocycles. The van der Waals surface area contributed by atoms with Gasteiger partial charge in [0.1, 0.15) is 11.9 Å². The number of likely N-dealkylation sites (N-methyl/N-ethyl adjacent to an activating group) is 1. The zero-order chi connectivity index (χ0) is 11.4. The van der Waals surface area contributed by atoms with Gasteiger partial charge in [-0.3, -0.25) is 0 Å². The number of benzene rings is 1. The van der Waals surface area contributed by atoms with E-state index in [0.29, 0.717) is 0 Å². The number of nitrogens with zero attached hydrogens (tertiary/aromatic N) is 1. The Kier molecular flexibility index (Phi) is 3.67. The molecule has 1 aliphatic heterocycles. The lowest BCUT2D eigenvalue weighted by Gasteiger charge is -2.35. The number of para-hydroxylation sites is 2. The molecule has 0 spiro atoms. The fraction of sp³-hybridized carbons (Fsp3) is 0.538. The molecule has 0 amide bonds. The van der Waals surface area contributed by atoms with Crippen LogP contribution in [-0.4, -0.2) is 32.3 Å². The van der Waals surface area contributed by atoms with E-state index in [1.807, 2.05) is 12.1 Å². The second-order valence-electron chi connectivity index (χ2n) is 4.20. The predicted molar refractivity (Wildman–Crippen MR) is 67.3 cm³/mol. The number of hydrogen-bond donors (Lipinski definition) is 1. The summed E-state index contributed by atoms with van der Waals surface area (Å²) in [6, 6.07) is 8.27. The van der Waals surface area contributed by atoms with Crippen LogP contribution in [0.1, 0.15) is 13.8 Å². The van der Waals surface area contributed by atoms with Crippen molar-refractivity contribution in [2.75, 3.05) is 31.1 Å². The van der Waals surface area contributed by atoms with E-state index in [1.54, 1.807) is 0 Å². The van der Waals surface area contributed by atoms with E-state index in [1.165, 1.54) is 5.69 Å². The highest BCUT2D eigenvalue weighted by Crippen LogP contribution is 2.32. The molecule has 0 radical (unpaired) electrons. The molecule has 0 fully saturated rings. The molecule has 0 bridgehead atoms. The normalized spacial score (nSPS) is 19.1. The van der Waals surface area contributed by atoms with E-state index in [4.69, 9.17) is 4.74 Å². The van der Waals surface area contributed by atoms with E-state index in [-0.39, 0.29) is 6.10 Å². The van der Waals surface area contributed by atoms with Crippen molar-refractivity contribution in [3.05, 3.63) is 24.3 Å². The monoisotopic (exact) mass is 220 g/mol. The van der Waals surface area contributed by atoms with Crippen molar-refractivity contribution in [2.45, 2.75) is 20.0 Å². The Morgan fingerprint density at radius 1 is 1.44 bits per heavy atom. The molecule has 0 saturated heterocycles. The fourth-order valence-corrected chi connectivity index (χ4v) is 2.08. The van der Waals surface area contributed by atoms with Crippen molar-refractivity contribution in [1.82, 2.24) is 5.32 Å². The minimum atomic E-state index is 0.275. The molecule has 1 aromatic rings. The van der Waals surface area contributed by atoms with Gasteiger partial charge in [-0.25, -0.2) is 0 Å². The van der Waals surface area contributed by atoms with Crippen LogP contribution in [0.4, 0.5) is 5.69 Å². The molecule has 1 N–H and O–H groups in total. The summed E-state index contributed by atoms with van der Waals surface area (Å²) >= 11 is 0. The van der Waals surface area contributed by atoms with Crippen molar-refractivity contribution in [1.29, 1.82) is 0 Å². The third-order valence-corrected chi connectivity index (χ3v) is 2.82. The lowest BCUT2D eigenvalue weighted by Crippen LogP contribution is -2.41. The standard InChI is InChI=1S/C13H20N2O/c1-3-14-8-9-15-10-11(2)16-13-7-5-4-6-12(13)15/h4-7,11,14H,3,8-10H2,1-2H3. The van der Waals surface area contributed by atoms with E-state index in [9.17, 15) is 0 Å². The SMILES string of the molecule is CCNCCN1CC(C)Oc2ccccc21. The maximum absolute atomic E-state index is 5.81. The van der Waals surface area contributed by atoms with Gasteiger partial charge >= 0.3 is 0 Å². The first kappa shape index (κ1) is 11.3. The molecule has 3 heteroatoms. The minimum Gasteiger partial charge on any atom is -0.487 e. The molecular weight excluding hydrogens is 200 g/mol. The molecule has 3 nitrogen and oxygen atoms in total. The topological polar surface area (TPSA) is 24.5 Å². The van der Waals surface area contributed by atoms with Crippen molar-refractivity contribution in [3.63, 3.8) is 0 Å². The molecule has 1 aromatic carbocycles. The van der Waals surface area contributed by atoms with E-state index in [2.05, 4.69) is 36.2 Å². The molecular formula is C13H20N2O. The smallest absolute Gasteiger partial charge is 0.143 e. The van der Waals surface area contributed by atoms with Gasteiger partial charge in [0, 0.05) is 13.1 Å². The first-order valence-electron chi connectivity index (χ1n) is 6.02. The van der Waals surface area contributed by atoms with Crippen LogP contribution in [0.25, 0.3) is 0 Å². The summed E-state index contributed by atoms with van der Waals surface area (Å²) in [6.07, 6.45) is 0.275. The first-order valence-corrected chi connectivity index (χ1v) is 6.02. The van der Waals surface area contributed by atoms with Crippen LogP contribution in [0.5, 0.6) is 5.75 Å². The Balaban J connectivity index is 2.07. The second-order valence-corrected chi connectivity index (χ2v) is 4.20. The van der Waals surface area contributed by atoms with E-state index in [0.717, 1.165) is 31.9 Å². The Labute approximate surface area is 97.4 Å². The third-order valence-electron chi connectivity index (χ3n) is 2.82. The first-order chi connectivity index (χ1) is 7.81. The highest BCUT2D eigenvalue weighted by Gasteiger charge is 2.21. The molecule has 0 aromatic heterocycles. The summed E-state index contributed by atoms with van der Waals surface area (Å²) < 4.78 is 5.81. The molecule has 88 valence electrons.